The summed E-state index contributed by atoms with van der Waals surface area (Å²) in [5.41, 5.74) is 7.55. The number of rotatable bonds is 7. The molecular formula is C22H29N4O4PS. The summed E-state index contributed by atoms with van der Waals surface area (Å²) in [5.74, 6) is -0.461. The van der Waals surface area contributed by atoms with Crippen molar-refractivity contribution >= 4 is 34.2 Å². The highest BCUT2D eigenvalue weighted by atomic mass is 32.2. The Bertz CT molecular complexity index is 1230. The van der Waals surface area contributed by atoms with E-state index in [9.17, 15) is 13.0 Å². The fourth-order valence-electron chi connectivity index (χ4n) is 3.27. The Labute approximate surface area is 189 Å². The van der Waals surface area contributed by atoms with Gasteiger partial charge in [-0.25, -0.2) is 13.4 Å². The minimum Gasteiger partial charge on any atom is -0.496 e. The van der Waals surface area contributed by atoms with Gasteiger partial charge in [0.05, 0.1) is 28.5 Å². The van der Waals surface area contributed by atoms with E-state index in [1.54, 1.807) is 75.7 Å². The van der Waals surface area contributed by atoms with Crippen molar-refractivity contribution in [2.24, 2.45) is 10.7 Å². The van der Waals surface area contributed by atoms with Crippen LogP contribution in [0.4, 0.5) is 5.69 Å². The van der Waals surface area contributed by atoms with E-state index in [1.165, 1.54) is 13.3 Å². The molecule has 3 rings (SSSR count). The molecule has 10 heteroatoms. The monoisotopic (exact) mass is 476 g/mol. The molecule has 0 aliphatic carbocycles. The Morgan fingerprint density at radius 2 is 1.88 bits per heavy atom. The number of nitrogens with one attached hydrogen (secondary N) is 2. The molecule has 2 aromatic rings. The summed E-state index contributed by atoms with van der Waals surface area (Å²) in [7, 11) is -4.48. The third-order valence-corrected chi connectivity index (χ3v) is 8.88. The molecule has 1 atom stereocenters. The molecule has 1 heterocycles. The van der Waals surface area contributed by atoms with Crippen molar-refractivity contribution < 1.29 is 17.7 Å². The van der Waals surface area contributed by atoms with Gasteiger partial charge in [0.25, 0.3) is 0 Å². The van der Waals surface area contributed by atoms with Gasteiger partial charge >= 0.3 is 0 Å². The van der Waals surface area contributed by atoms with Crippen LogP contribution in [0.2, 0.25) is 0 Å². The van der Waals surface area contributed by atoms with Gasteiger partial charge in [0.2, 0.25) is 5.79 Å². The lowest BCUT2D eigenvalue weighted by molar-refractivity contribution is 0.355. The highest BCUT2D eigenvalue weighted by Crippen LogP contribution is 2.38. The predicted octanol–water partition coefficient (Wildman–Crippen LogP) is 2.82. The molecule has 0 saturated carbocycles. The maximum atomic E-state index is 12.8. The van der Waals surface area contributed by atoms with Crippen molar-refractivity contribution in [3.8, 4) is 5.75 Å². The highest BCUT2D eigenvalue weighted by Gasteiger charge is 2.33. The average molecular weight is 477 g/mol. The molecule has 0 spiro atoms. The number of hydrogen-bond acceptors (Lipinski definition) is 8. The first kappa shape index (κ1) is 24.0. The van der Waals surface area contributed by atoms with Crippen molar-refractivity contribution in [3.63, 3.8) is 0 Å². The van der Waals surface area contributed by atoms with Gasteiger partial charge in [-0.1, -0.05) is 18.2 Å². The van der Waals surface area contributed by atoms with Gasteiger partial charge in [0.15, 0.2) is 9.84 Å². The van der Waals surface area contributed by atoms with Gasteiger partial charge in [0.1, 0.15) is 18.7 Å². The fourth-order valence-corrected chi connectivity index (χ4v) is 5.33. The van der Waals surface area contributed by atoms with Crippen LogP contribution in [-0.4, -0.2) is 40.3 Å². The Hall–Kier alpha value is -2.61. The van der Waals surface area contributed by atoms with Crippen molar-refractivity contribution in [2.75, 3.05) is 25.8 Å². The topological polar surface area (TPSA) is 123 Å². The van der Waals surface area contributed by atoms with Crippen molar-refractivity contribution in [1.82, 2.24) is 5.32 Å². The Balaban J connectivity index is 1.95. The molecular weight excluding hydrogens is 447 g/mol. The maximum Gasteiger partial charge on any atom is 0.213 e. The second-order valence-electron chi connectivity index (χ2n) is 8.20. The lowest BCUT2D eigenvalue weighted by atomic mass is 10.1. The normalized spacial score (nSPS) is 18.8. The van der Waals surface area contributed by atoms with E-state index in [2.05, 4.69) is 15.6 Å². The lowest BCUT2D eigenvalue weighted by Gasteiger charge is -2.33. The third-order valence-electron chi connectivity index (χ3n) is 5.15. The largest absolute Gasteiger partial charge is 0.496 e. The van der Waals surface area contributed by atoms with Gasteiger partial charge in [0, 0.05) is 11.5 Å². The SMILES string of the molecule is COc1cc(P(C)(C)=O)ccc1C1(N)N=CC=C(Nc2ccccc2S(=O)(=O)C(C)C)N1. The number of nitrogens with zero attached hydrogens (tertiary/aromatic N) is 1. The Morgan fingerprint density at radius 3 is 2.50 bits per heavy atom. The second-order valence-corrected chi connectivity index (χ2v) is 13.9. The van der Waals surface area contributed by atoms with Crippen LogP contribution in [0.3, 0.4) is 0 Å². The maximum absolute atomic E-state index is 12.8. The van der Waals surface area contributed by atoms with Crippen LogP contribution in [0.1, 0.15) is 19.4 Å². The van der Waals surface area contributed by atoms with Gasteiger partial charge in [-0.2, -0.15) is 0 Å². The zero-order chi connectivity index (χ0) is 23.7. The zero-order valence-corrected chi connectivity index (χ0v) is 20.5. The van der Waals surface area contributed by atoms with Crippen LogP contribution in [0.25, 0.3) is 0 Å². The smallest absolute Gasteiger partial charge is 0.213 e. The summed E-state index contributed by atoms with van der Waals surface area (Å²) in [6, 6.07) is 11.9. The van der Waals surface area contributed by atoms with E-state index in [4.69, 9.17) is 10.5 Å². The van der Waals surface area contributed by atoms with Gasteiger partial charge in [-0.3, -0.25) is 5.73 Å². The second kappa shape index (κ2) is 8.73. The number of para-hydroxylation sites is 1. The highest BCUT2D eigenvalue weighted by molar-refractivity contribution is 7.92. The van der Waals surface area contributed by atoms with Gasteiger partial charge in [-0.15, -0.1) is 0 Å². The number of methoxy groups -OCH3 is 1. The number of ether oxygens (including phenoxy) is 1. The molecule has 1 unspecified atom stereocenters. The molecule has 4 N–H and O–H groups in total. The predicted molar refractivity (Wildman–Crippen MR) is 130 cm³/mol. The summed E-state index contributed by atoms with van der Waals surface area (Å²) in [5, 5.41) is 6.35. The molecule has 0 radical (unpaired) electrons. The first-order valence-corrected chi connectivity index (χ1v) is 14.2. The number of aliphatic imine (C=N–C) groups is 1. The van der Waals surface area contributed by atoms with Crippen LogP contribution in [-0.2, 0) is 20.2 Å². The zero-order valence-electron chi connectivity index (χ0n) is 18.8. The van der Waals surface area contributed by atoms with E-state index in [1.807, 2.05) is 0 Å². The summed E-state index contributed by atoms with van der Waals surface area (Å²) in [6.45, 7) is 6.65. The standard InChI is InChI=1S/C22H29N4O4PS/c1-15(2)32(28,29)20-9-7-6-8-18(20)25-21-12-13-24-22(23,26-21)17-11-10-16(31(4,5)27)14-19(17)30-3/h6-15,25-26H,23H2,1-5H3. The van der Waals surface area contributed by atoms with Gasteiger partial charge in [-0.05, 0) is 57.5 Å². The average Bonchev–Trinajstić information content (AvgIpc) is 2.73. The molecule has 1 aliphatic rings. The van der Waals surface area contributed by atoms with Crippen molar-refractivity contribution in [3.05, 3.63) is 59.9 Å². The molecule has 2 aromatic carbocycles. The summed E-state index contributed by atoms with van der Waals surface area (Å²) >= 11 is 0. The van der Waals surface area contributed by atoms with Crippen LogP contribution in [0.15, 0.2) is 64.2 Å². The van der Waals surface area contributed by atoms with Crippen LogP contribution in [0.5, 0.6) is 5.75 Å². The third kappa shape index (κ3) is 4.75. The van der Waals surface area contributed by atoms with E-state index >= 15 is 0 Å². The first-order valence-electron chi connectivity index (χ1n) is 10.0. The summed E-state index contributed by atoms with van der Waals surface area (Å²) < 4.78 is 43.5. The Kier molecular flexibility index (Phi) is 6.56. The van der Waals surface area contributed by atoms with E-state index < -0.39 is 28.0 Å². The van der Waals surface area contributed by atoms with E-state index in [0.29, 0.717) is 28.1 Å². The van der Waals surface area contributed by atoms with Crippen LogP contribution < -0.4 is 26.4 Å². The van der Waals surface area contributed by atoms with Crippen LogP contribution >= 0.6 is 7.14 Å². The first-order chi connectivity index (χ1) is 14.9. The number of nitrogens with two attached hydrogens (primary N) is 1. The Morgan fingerprint density at radius 1 is 1.19 bits per heavy atom. The quantitative estimate of drug-likeness (QED) is 0.525. The molecule has 0 fully saturated rings. The molecule has 0 saturated heterocycles. The van der Waals surface area contributed by atoms with E-state index in [-0.39, 0.29) is 4.90 Å². The molecule has 8 nitrogen and oxygen atoms in total. The van der Waals surface area contributed by atoms with Crippen molar-refractivity contribution in [1.29, 1.82) is 0 Å². The number of allylic oxidation sites excluding steroid dienone is 1. The van der Waals surface area contributed by atoms with Gasteiger partial charge < -0.3 is 19.9 Å². The lowest BCUT2D eigenvalue weighted by Crippen LogP contribution is -2.51. The van der Waals surface area contributed by atoms with E-state index in [0.717, 1.165) is 0 Å². The van der Waals surface area contributed by atoms with Crippen LogP contribution in [0, 0.1) is 0 Å². The number of benzene rings is 2. The molecule has 1 aliphatic heterocycles. The molecule has 0 amide bonds. The molecule has 32 heavy (non-hydrogen) atoms. The molecule has 172 valence electrons. The number of anilines is 1. The summed E-state index contributed by atoms with van der Waals surface area (Å²) in [4.78, 5) is 4.58. The molecule has 0 aromatic heterocycles. The number of sulfone groups is 1. The minimum absolute atomic E-state index is 0.200. The summed E-state index contributed by atoms with van der Waals surface area (Å²) in [6.07, 6.45) is 3.20. The molecule has 0 bridgehead atoms. The number of hydrogen-bond donors (Lipinski definition) is 3. The minimum atomic E-state index is -3.50. The fraction of sp³-hybridized carbons (Fsp3) is 0.318. The van der Waals surface area contributed by atoms with Crippen molar-refractivity contribution in [2.45, 2.75) is 29.8 Å².